The second-order valence-corrected chi connectivity index (χ2v) is 11.5. The molecule has 36 heavy (non-hydrogen) atoms. The van der Waals surface area contributed by atoms with Gasteiger partial charge in [-0.15, -0.1) is 0 Å². The lowest BCUT2D eigenvalue weighted by Gasteiger charge is -2.31. The molecule has 0 fully saturated rings. The van der Waals surface area contributed by atoms with Crippen molar-refractivity contribution in [2.45, 2.75) is 52.6 Å². The Hall–Kier alpha value is -2.65. The molecular formula is C26H35ClFN3O4S. The van der Waals surface area contributed by atoms with Crippen molar-refractivity contribution >= 4 is 39.1 Å². The Labute approximate surface area is 218 Å². The largest absolute Gasteiger partial charge is 0.354 e. The highest BCUT2D eigenvalue weighted by Crippen LogP contribution is 2.23. The highest BCUT2D eigenvalue weighted by molar-refractivity contribution is 7.92. The van der Waals surface area contributed by atoms with E-state index in [1.54, 1.807) is 36.4 Å². The molecule has 2 amide bonds. The van der Waals surface area contributed by atoms with Gasteiger partial charge >= 0.3 is 0 Å². The highest BCUT2D eigenvalue weighted by atomic mass is 35.5. The van der Waals surface area contributed by atoms with Crippen molar-refractivity contribution in [2.75, 3.05) is 23.7 Å². The predicted molar refractivity (Wildman–Crippen MR) is 142 cm³/mol. The van der Waals surface area contributed by atoms with Crippen molar-refractivity contribution in [1.82, 2.24) is 10.2 Å². The average molecular weight is 540 g/mol. The summed E-state index contributed by atoms with van der Waals surface area (Å²) >= 11 is 6.03. The molecule has 0 spiro atoms. The van der Waals surface area contributed by atoms with E-state index < -0.39 is 16.1 Å². The molecule has 0 saturated carbocycles. The minimum Gasteiger partial charge on any atom is -0.354 e. The van der Waals surface area contributed by atoms with Crippen LogP contribution in [0.3, 0.4) is 0 Å². The van der Waals surface area contributed by atoms with Crippen LogP contribution in [-0.2, 0) is 26.2 Å². The van der Waals surface area contributed by atoms with E-state index in [0.717, 1.165) is 6.26 Å². The van der Waals surface area contributed by atoms with Gasteiger partial charge in [0.05, 0.1) is 11.9 Å². The van der Waals surface area contributed by atoms with Crippen molar-refractivity contribution in [3.8, 4) is 0 Å². The van der Waals surface area contributed by atoms with Gasteiger partial charge < -0.3 is 10.2 Å². The van der Waals surface area contributed by atoms with Crippen LogP contribution < -0.4 is 9.62 Å². The number of benzene rings is 2. The van der Waals surface area contributed by atoms with Crippen LogP contribution in [0, 0.1) is 11.7 Å². The van der Waals surface area contributed by atoms with Gasteiger partial charge in [-0.05, 0) is 54.7 Å². The maximum atomic E-state index is 13.4. The molecular weight excluding hydrogens is 505 g/mol. The molecule has 0 bridgehead atoms. The number of nitrogens with zero attached hydrogens (tertiary/aromatic N) is 2. The molecule has 0 radical (unpaired) electrons. The summed E-state index contributed by atoms with van der Waals surface area (Å²) in [5, 5.41) is 3.30. The maximum absolute atomic E-state index is 13.4. The summed E-state index contributed by atoms with van der Waals surface area (Å²) in [6, 6.07) is 11.6. The number of sulfonamides is 1. The van der Waals surface area contributed by atoms with Crippen LogP contribution >= 0.6 is 11.6 Å². The van der Waals surface area contributed by atoms with E-state index in [9.17, 15) is 22.4 Å². The van der Waals surface area contributed by atoms with E-state index in [2.05, 4.69) is 5.32 Å². The smallest absolute Gasteiger partial charge is 0.242 e. The van der Waals surface area contributed by atoms with Gasteiger partial charge in [-0.2, -0.15) is 0 Å². The Morgan fingerprint density at radius 3 is 2.33 bits per heavy atom. The number of carbonyl (C=O) groups is 2. The standard InChI is InChI=1S/C26H35ClFN3O4S/c1-5-24(26(33)29-17-19(2)3)30(18-20-11-13-22(28)14-12-20)25(32)10-7-15-31(36(4,34)35)23-9-6-8-21(27)16-23/h6,8-9,11-14,16,19,24H,5,7,10,15,17-18H2,1-4H3,(H,29,33). The first-order chi connectivity index (χ1) is 16.9. The number of amides is 2. The number of carbonyl (C=O) groups excluding carboxylic acids is 2. The Morgan fingerprint density at radius 1 is 1.11 bits per heavy atom. The second kappa shape index (κ2) is 13.6. The second-order valence-electron chi connectivity index (χ2n) is 9.13. The summed E-state index contributed by atoms with van der Waals surface area (Å²) in [5.74, 6) is -0.676. The van der Waals surface area contributed by atoms with Crippen LogP contribution in [0.25, 0.3) is 0 Å². The van der Waals surface area contributed by atoms with Crippen LogP contribution in [-0.4, -0.2) is 50.5 Å². The van der Waals surface area contributed by atoms with Crippen LogP contribution in [0.1, 0.15) is 45.6 Å². The van der Waals surface area contributed by atoms with Crippen LogP contribution in [0.15, 0.2) is 48.5 Å². The average Bonchev–Trinajstić information content (AvgIpc) is 2.80. The number of anilines is 1. The van der Waals surface area contributed by atoms with Gasteiger partial charge in [0.1, 0.15) is 11.9 Å². The zero-order valence-electron chi connectivity index (χ0n) is 21.2. The fraction of sp³-hybridized carbons (Fsp3) is 0.462. The molecule has 10 heteroatoms. The SMILES string of the molecule is CCC(C(=O)NCC(C)C)N(Cc1ccc(F)cc1)C(=O)CCCN(c1cccc(Cl)c1)S(C)(=O)=O. The first kappa shape index (κ1) is 29.6. The van der Waals surface area contributed by atoms with Crippen LogP contribution in [0.5, 0.6) is 0 Å². The normalized spacial score (nSPS) is 12.3. The fourth-order valence-electron chi connectivity index (χ4n) is 3.76. The molecule has 0 aliphatic heterocycles. The molecule has 0 saturated heterocycles. The van der Waals surface area contributed by atoms with E-state index >= 15 is 0 Å². The molecule has 2 aromatic rings. The van der Waals surface area contributed by atoms with Gasteiger partial charge in [0.2, 0.25) is 21.8 Å². The molecule has 2 rings (SSSR count). The van der Waals surface area contributed by atoms with E-state index in [1.165, 1.54) is 21.3 Å². The molecule has 1 atom stereocenters. The molecule has 0 heterocycles. The predicted octanol–water partition coefficient (Wildman–Crippen LogP) is 4.60. The number of hydrogen-bond acceptors (Lipinski definition) is 4. The lowest BCUT2D eigenvalue weighted by atomic mass is 10.1. The van der Waals surface area contributed by atoms with E-state index in [0.29, 0.717) is 29.2 Å². The third kappa shape index (κ3) is 9.09. The Morgan fingerprint density at radius 2 is 1.78 bits per heavy atom. The lowest BCUT2D eigenvalue weighted by molar-refractivity contribution is -0.141. The number of hydrogen-bond donors (Lipinski definition) is 1. The molecule has 1 unspecified atom stereocenters. The van der Waals surface area contributed by atoms with Crippen LogP contribution in [0.4, 0.5) is 10.1 Å². The molecule has 0 aliphatic rings. The summed E-state index contributed by atoms with van der Waals surface area (Å²) in [7, 11) is -3.61. The fourth-order valence-corrected chi connectivity index (χ4v) is 4.91. The molecule has 0 aliphatic carbocycles. The monoisotopic (exact) mass is 539 g/mol. The zero-order chi connectivity index (χ0) is 26.9. The van der Waals surface area contributed by atoms with Gasteiger partial charge in [-0.25, -0.2) is 12.8 Å². The first-order valence-electron chi connectivity index (χ1n) is 12.0. The maximum Gasteiger partial charge on any atom is 0.242 e. The number of nitrogens with one attached hydrogen (secondary N) is 1. The van der Waals surface area contributed by atoms with Gasteiger partial charge in [0.15, 0.2) is 0 Å². The first-order valence-corrected chi connectivity index (χ1v) is 14.2. The third-order valence-electron chi connectivity index (χ3n) is 5.58. The molecule has 1 N–H and O–H groups in total. The Balaban J connectivity index is 2.20. The van der Waals surface area contributed by atoms with E-state index in [4.69, 9.17) is 11.6 Å². The summed E-state index contributed by atoms with van der Waals surface area (Å²) < 4.78 is 39.4. The van der Waals surface area contributed by atoms with Crippen molar-refractivity contribution < 1.29 is 22.4 Å². The van der Waals surface area contributed by atoms with Crippen molar-refractivity contribution in [3.63, 3.8) is 0 Å². The minimum absolute atomic E-state index is 0.0295. The van der Waals surface area contributed by atoms with Gasteiger partial charge in [0.25, 0.3) is 0 Å². The van der Waals surface area contributed by atoms with Crippen molar-refractivity contribution in [1.29, 1.82) is 0 Å². The number of rotatable bonds is 13. The van der Waals surface area contributed by atoms with Gasteiger partial charge in [-0.3, -0.25) is 13.9 Å². The van der Waals surface area contributed by atoms with Gasteiger partial charge in [0, 0.05) is 31.1 Å². The van der Waals surface area contributed by atoms with Crippen LogP contribution in [0.2, 0.25) is 5.02 Å². The summed E-state index contributed by atoms with van der Waals surface area (Å²) in [4.78, 5) is 27.8. The summed E-state index contributed by atoms with van der Waals surface area (Å²) in [6.07, 6.45) is 1.77. The highest BCUT2D eigenvalue weighted by Gasteiger charge is 2.29. The summed E-state index contributed by atoms with van der Waals surface area (Å²) in [6.45, 7) is 6.49. The lowest BCUT2D eigenvalue weighted by Crippen LogP contribution is -2.49. The Kier molecular flexibility index (Phi) is 11.2. The minimum atomic E-state index is -3.61. The van der Waals surface area contributed by atoms with Gasteiger partial charge in [-0.1, -0.05) is 50.6 Å². The zero-order valence-corrected chi connectivity index (χ0v) is 22.8. The summed E-state index contributed by atoms with van der Waals surface area (Å²) in [5.41, 5.74) is 1.11. The number of halogens is 2. The van der Waals surface area contributed by atoms with Crippen molar-refractivity contribution in [3.05, 3.63) is 64.9 Å². The molecule has 7 nitrogen and oxygen atoms in total. The molecule has 198 valence electrons. The van der Waals surface area contributed by atoms with Crippen molar-refractivity contribution in [2.24, 2.45) is 5.92 Å². The third-order valence-corrected chi connectivity index (χ3v) is 7.01. The topological polar surface area (TPSA) is 86.8 Å². The Bertz CT molecular complexity index is 1130. The quantitative estimate of drug-likeness (QED) is 0.403. The van der Waals surface area contributed by atoms with E-state index in [1.807, 2.05) is 20.8 Å². The molecule has 0 aromatic heterocycles. The van der Waals surface area contributed by atoms with E-state index in [-0.39, 0.29) is 49.5 Å². The molecule has 2 aromatic carbocycles.